The Hall–Kier alpha value is -4.22. The number of nitrogens with one attached hydrogen (secondary N) is 1. The highest BCUT2D eigenvalue weighted by Gasteiger charge is 2.21. The molecule has 0 amide bonds. The summed E-state index contributed by atoms with van der Waals surface area (Å²) in [5, 5.41) is 7.66. The second kappa shape index (κ2) is 11.7. The molecule has 1 atom stereocenters. The molecule has 41 heavy (non-hydrogen) atoms. The summed E-state index contributed by atoms with van der Waals surface area (Å²) in [6.45, 7) is 7.69. The molecule has 2 aliphatic heterocycles. The Morgan fingerprint density at radius 3 is 2.66 bits per heavy atom. The lowest BCUT2D eigenvalue weighted by molar-refractivity contribution is 0.148. The van der Waals surface area contributed by atoms with E-state index in [-0.39, 0.29) is 6.10 Å². The van der Waals surface area contributed by atoms with Gasteiger partial charge in [0.15, 0.2) is 5.82 Å². The summed E-state index contributed by atoms with van der Waals surface area (Å²) in [5.41, 5.74) is 3.74. The Balaban J connectivity index is 1.32. The Morgan fingerprint density at radius 1 is 0.976 bits per heavy atom. The molecule has 6 rings (SSSR count). The van der Waals surface area contributed by atoms with Crippen molar-refractivity contribution in [3.05, 3.63) is 54.5 Å². The third-order valence-corrected chi connectivity index (χ3v) is 7.55. The van der Waals surface area contributed by atoms with Crippen molar-refractivity contribution in [1.29, 1.82) is 0 Å². The number of nitrogens with zero attached hydrogens (tertiary/aromatic N) is 7. The first-order chi connectivity index (χ1) is 20.0. The molecule has 5 heterocycles. The van der Waals surface area contributed by atoms with Gasteiger partial charge in [0, 0.05) is 75.8 Å². The number of fused-ring (bicyclic) bond motifs is 6. The maximum atomic E-state index is 6.52. The van der Waals surface area contributed by atoms with Crippen molar-refractivity contribution in [2.45, 2.75) is 26.0 Å². The Kier molecular flexibility index (Phi) is 7.71. The van der Waals surface area contributed by atoms with Gasteiger partial charge in [-0.2, -0.15) is 5.10 Å². The normalized spacial score (nSPS) is 17.9. The molecule has 1 fully saturated rings. The average molecular weight is 557 g/mol. The van der Waals surface area contributed by atoms with Gasteiger partial charge in [-0.25, -0.2) is 19.6 Å². The molecule has 0 unspecified atom stereocenters. The van der Waals surface area contributed by atoms with Gasteiger partial charge in [0.2, 0.25) is 5.88 Å². The molecule has 1 saturated heterocycles. The van der Waals surface area contributed by atoms with E-state index in [1.54, 1.807) is 30.3 Å². The molecule has 1 aromatic carbocycles. The fourth-order valence-electron chi connectivity index (χ4n) is 5.16. The van der Waals surface area contributed by atoms with E-state index in [2.05, 4.69) is 55.4 Å². The number of ether oxygens (including phenoxy) is 3. The van der Waals surface area contributed by atoms with Crippen LogP contribution in [0.4, 0.5) is 11.6 Å². The fraction of sp³-hybridized carbons (Fsp3) is 0.400. The summed E-state index contributed by atoms with van der Waals surface area (Å²) in [6.07, 6.45) is 5.79. The molecule has 2 aliphatic rings. The number of likely N-dealkylation sites (N-methyl/N-ethyl adjacent to an activating group) is 1. The highest BCUT2D eigenvalue weighted by Crippen LogP contribution is 2.39. The van der Waals surface area contributed by atoms with Gasteiger partial charge < -0.3 is 24.4 Å². The summed E-state index contributed by atoms with van der Waals surface area (Å²) >= 11 is 0. The number of aryl methyl sites for hydroxylation is 1. The lowest BCUT2D eigenvalue weighted by atomic mass is 10.0. The van der Waals surface area contributed by atoms with Crippen LogP contribution in [0.2, 0.25) is 0 Å². The van der Waals surface area contributed by atoms with Gasteiger partial charge in [-0.1, -0.05) is 12.1 Å². The number of methoxy groups -OCH3 is 1. The molecule has 0 aliphatic carbocycles. The van der Waals surface area contributed by atoms with Crippen molar-refractivity contribution in [2.24, 2.45) is 7.05 Å². The van der Waals surface area contributed by atoms with E-state index in [0.717, 1.165) is 55.2 Å². The summed E-state index contributed by atoms with van der Waals surface area (Å²) in [4.78, 5) is 18.7. The Labute approximate surface area is 240 Å². The summed E-state index contributed by atoms with van der Waals surface area (Å²) in [5.74, 6) is 3.85. The number of benzene rings is 1. The van der Waals surface area contributed by atoms with Crippen LogP contribution in [-0.2, 0) is 13.6 Å². The molecule has 11 heteroatoms. The largest absolute Gasteiger partial charge is 0.496 e. The Bertz CT molecular complexity index is 1520. The van der Waals surface area contributed by atoms with Gasteiger partial charge in [-0.05, 0) is 31.7 Å². The molecule has 3 aromatic heterocycles. The molecule has 214 valence electrons. The third-order valence-electron chi connectivity index (χ3n) is 7.55. The van der Waals surface area contributed by atoms with Crippen molar-refractivity contribution in [3.8, 4) is 39.9 Å². The van der Waals surface area contributed by atoms with Crippen molar-refractivity contribution in [3.63, 3.8) is 0 Å². The zero-order valence-electron chi connectivity index (χ0n) is 24.0. The van der Waals surface area contributed by atoms with Crippen LogP contribution in [0.15, 0.2) is 48.9 Å². The van der Waals surface area contributed by atoms with Crippen molar-refractivity contribution >= 4 is 11.6 Å². The monoisotopic (exact) mass is 556 g/mol. The highest BCUT2D eigenvalue weighted by atomic mass is 16.5. The molecule has 0 saturated carbocycles. The second-order valence-corrected chi connectivity index (χ2v) is 10.6. The van der Waals surface area contributed by atoms with Gasteiger partial charge in [-0.15, -0.1) is 0 Å². The van der Waals surface area contributed by atoms with Gasteiger partial charge in [0.1, 0.15) is 28.7 Å². The minimum Gasteiger partial charge on any atom is -0.496 e. The zero-order chi connectivity index (χ0) is 28.3. The minimum absolute atomic E-state index is 0.125. The standard InChI is InChI=1S/C30H36N8O3/c1-20-8-14-40-30-24(18-33-37(30)3)29-31-9-7-27(35-29)34-28-16-26(41-20)23(17-32-28)22-6-5-21(15-25(22)39-4)19-38-12-10-36(2)11-13-38/h5-7,9,15-18,20H,8,10-14,19H2,1-4H3,(H,31,32,34,35)/t20-/m0/s1. The van der Waals surface area contributed by atoms with E-state index in [0.29, 0.717) is 42.1 Å². The predicted molar refractivity (Wildman–Crippen MR) is 157 cm³/mol. The van der Waals surface area contributed by atoms with Gasteiger partial charge in [0.25, 0.3) is 0 Å². The summed E-state index contributed by atoms with van der Waals surface area (Å²) < 4.78 is 20.2. The van der Waals surface area contributed by atoms with Crippen LogP contribution in [-0.4, -0.2) is 87.6 Å². The third kappa shape index (κ3) is 5.96. The van der Waals surface area contributed by atoms with Crippen LogP contribution in [0.5, 0.6) is 17.4 Å². The number of hydrogen-bond acceptors (Lipinski definition) is 10. The molecule has 4 aromatic rings. The van der Waals surface area contributed by atoms with E-state index in [1.165, 1.54) is 5.56 Å². The number of piperazine rings is 1. The fourth-order valence-corrected chi connectivity index (χ4v) is 5.16. The van der Waals surface area contributed by atoms with Crippen molar-refractivity contribution < 1.29 is 14.2 Å². The molecular weight excluding hydrogens is 520 g/mol. The maximum Gasteiger partial charge on any atom is 0.222 e. The van der Waals surface area contributed by atoms with Crippen LogP contribution < -0.4 is 19.5 Å². The van der Waals surface area contributed by atoms with E-state index in [9.17, 15) is 0 Å². The summed E-state index contributed by atoms with van der Waals surface area (Å²) in [6, 6.07) is 10.1. The first kappa shape index (κ1) is 27.0. The predicted octanol–water partition coefficient (Wildman–Crippen LogP) is 3.99. The first-order valence-electron chi connectivity index (χ1n) is 14.0. The quantitative estimate of drug-likeness (QED) is 0.397. The SMILES string of the molecule is COc1cc(CN2CCN(C)CC2)ccc1-c1cnc2cc1O[C@@H](C)CCOc1c(cnn1C)-c1nccc(n1)N2. The number of hydrogen-bond donors (Lipinski definition) is 1. The van der Waals surface area contributed by atoms with Crippen molar-refractivity contribution in [1.82, 2.24) is 34.5 Å². The van der Waals surface area contributed by atoms with Crippen LogP contribution in [0, 0.1) is 0 Å². The molecular formula is C30H36N8O3. The zero-order valence-corrected chi connectivity index (χ0v) is 24.0. The minimum atomic E-state index is -0.125. The van der Waals surface area contributed by atoms with E-state index in [1.807, 2.05) is 26.2 Å². The van der Waals surface area contributed by atoms with E-state index < -0.39 is 0 Å². The van der Waals surface area contributed by atoms with Crippen LogP contribution >= 0.6 is 0 Å². The van der Waals surface area contributed by atoms with E-state index >= 15 is 0 Å². The number of rotatable bonds is 4. The van der Waals surface area contributed by atoms with E-state index in [4.69, 9.17) is 19.2 Å². The molecule has 1 N–H and O–H groups in total. The van der Waals surface area contributed by atoms with Gasteiger partial charge >= 0.3 is 0 Å². The van der Waals surface area contributed by atoms with Crippen LogP contribution in [0.25, 0.3) is 22.5 Å². The smallest absolute Gasteiger partial charge is 0.222 e. The van der Waals surface area contributed by atoms with Crippen molar-refractivity contribution in [2.75, 3.05) is 52.3 Å². The maximum absolute atomic E-state index is 6.52. The topological polar surface area (TPSA) is 103 Å². The molecule has 11 nitrogen and oxygen atoms in total. The lowest BCUT2D eigenvalue weighted by Crippen LogP contribution is -2.43. The highest BCUT2D eigenvalue weighted by molar-refractivity contribution is 5.77. The van der Waals surface area contributed by atoms with Gasteiger partial charge in [-0.3, -0.25) is 4.90 Å². The van der Waals surface area contributed by atoms with Crippen LogP contribution in [0.1, 0.15) is 18.9 Å². The number of pyridine rings is 1. The second-order valence-electron chi connectivity index (χ2n) is 10.6. The van der Waals surface area contributed by atoms with Crippen LogP contribution in [0.3, 0.4) is 0 Å². The number of anilines is 2. The Morgan fingerprint density at radius 2 is 1.83 bits per heavy atom. The lowest BCUT2D eigenvalue weighted by Gasteiger charge is -2.32. The molecule has 4 bridgehead atoms. The van der Waals surface area contributed by atoms with Gasteiger partial charge in [0.05, 0.1) is 26.0 Å². The molecule has 0 spiro atoms. The first-order valence-corrected chi connectivity index (χ1v) is 14.0. The molecule has 0 radical (unpaired) electrons. The average Bonchev–Trinajstić information content (AvgIpc) is 3.34. The number of aromatic nitrogens is 5. The summed E-state index contributed by atoms with van der Waals surface area (Å²) in [7, 11) is 5.73.